The summed E-state index contributed by atoms with van der Waals surface area (Å²) in [5.41, 5.74) is 2.65. The van der Waals surface area contributed by atoms with Gasteiger partial charge >= 0.3 is 6.09 Å². The number of carbonyl (C=O) groups excluding carboxylic acids is 2. The Balaban J connectivity index is 1.56. The second-order valence-electron chi connectivity index (χ2n) is 11.9. The first-order valence-electron chi connectivity index (χ1n) is 15.8. The highest BCUT2D eigenvalue weighted by atomic mass is 32.2. The molecule has 0 aliphatic rings. The number of rotatable bonds is 17. The molecule has 2 amide bonds. The molecular weight excluding hydrogens is 648 g/mol. The van der Waals surface area contributed by atoms with Crippen LogP contribution in [-0.2, 0) is 39.0 Å². The second kappa shape index (κ2) is 17.9. The van der Waals surface area contributed by atoms with Crippen LogP contribution in [0.2, 0.25) is 0 Å². The fourth-order valence-corrected chi connectivity index (χ4v) is 6.74. The first kappa shape index (κ1) is 36.8. The largest absolute Gasteiger partial charge is 0.445 e. The van der Waals surface area contributed by atoms with Crippen LogP contribution in [0.25, 0.3) is 0 Å². The molecule has 0 aliphatic heterocycles. The number of oxime groups is 1. The van der Waals surface area contributed by atoms with Crippen LogP contribution in [-0.4, -0.2) is 82.5 Å². The van der Waals surface area contributed by atoms with Crippen molar-refractivity contribution in [3.63, 3.8) is 0 Å². The van der Waals surface area contributed by atoms with E-state index in [0.717, 1.165) is 11.1 Å². The van der Waals surface area contributed by atoms with Crippen LogP contribution in [0.1, 0.15) is 36.2 Å². The van der Waals surface area contributed by atoms with Gasteiger partial charge in [0.25, 0.3) is 0 Å². The van der Waals surface area contributed by atoms with Crippen molar-refractivity contribution >= 4 is 28.2 Å². The van der Waals surface area contributed by atoms with Crippen molar-refractivity contribution in [2.45, 2.75) is 56.4 Å². The number of aromatic nitrogens is 2. The lowest BCUT2D eigenvalue weighted by atomic mass is 10.00. The summed E-state index contributed by atoms with van der Waals surface area (Å²) in [5, 5.41) is 29.0. The van der Waals surface area contributed by atoms with Crippen LogP contribution in [0.5, 0.6) is 0 Å². The predicted molar refractivity (Wildman–Crippen MR) is 183 cm³/mol. The number of hydrogen-bond donors (Lipinski definition) is 5. The summed E-state index contributed by atoms with van der Waals surface area (Å²) in [6.45, 7) is 3.50. The molecule has 0 bridgehead atoms. The number of imidazole rings is 1. The zero-order valence-electron chi connectivity index (χ0n) is 27.3. The fraction of sp³-hybridized carbons (Fsp3) is 0.314. The molecule has 4 rings (SSSR count). The van der Waals surface area contributed by atoms with Gasteiger partial charge in [0.2, 0.25) is 15.9 Å². The highest BCUT2D eigenvalue weighted by Gasteiger charge is 2.33. The lowest BCUT2D eigenvalue weighted by molar-refractivity contribution is -0.124. The van der Waals surface area contributed by atoms with E-state index in [4.69, 9.17) is 9.94 Å². The number of benzene rings is 3. The zero-order valence-corrected chi connectivity index (χ0v) is 28.2. The van der Waals surface area contributed by atoms with E-state index in [2.05, 4.69) is 25.8 Å². The molecule has 14 heteroatoms. The van der Waals surface area contributed by atoms with Crippen LogP contribution in [0.3, 0.4) is 0 Å². The van der Waals surface area contributed by atoms with Crippen molar-refractivity contribution in [3.8, 4) is 0 Å². The van der Waals surface area contributed by atoms with E-state index in [-0.39, 0.29) is 43.4 Å². The van der Waals surface area contributed by atoms with Crippen molar-refractivity contribution in [1.82, 2.24) is 24.9 Å². The van der Waals surface area contributed by atoms with Crippen molar-refractivity contribution in [1.29, 1.82) is 0 Å². The molecule has 0 saturated heterocycles. The highest BCUT2D eigenvalue weighted by molar-refractivity contribution is 7.89. The van der Waals surface area contributed by atoms with Crippen molar-refractivity contribution in [3.05, 3.63) is 120 Å². The molecule has 0 unspecified atom stereocenters. The van der Waals surface area contributed by atoms with Gasteiger partial charge in [-0.2, -0.15) is 4.31 Å². The van der Waals surface area contributed by atoms with Crippen molar-refractivity contribution < 1.29 is 33.1 Å². The van der Waals surface area contributed by atoms with Gasteiger partial charge in [0.1, 0.15) is 12.6 Å². The Kier molecular flexibility index (Phi) is 13.4. The van der Waals surface area contributed by atoms with Crippen LogP contribution >= 0.6 is 0 Å². The smallest absolute Gasteiger partial charge is 0.408 e. The van der Waals surface area contributed by atoms with Crippen LogP contribution < -0.4 is 10.6 Å². The molecule has 1 heterocycles. The number of hydrogen-bond acceptors (Lipinski definition) is 9. The number of amides is 2. The van der Waals surface area contributed by atoms with E-state index >= 15 is 0 Å². The Morgan fingerprint density at radius 1 is 0.939 bits per heavy atom. The molecule has 0 aliphatic carbocycles. The number of aromatic amines is 1. The number of carbonyl (C=O) groups is 2. The molecule has 0 saturated carbocycles. The van der Waals surface area contributed by atoms with E-state index < -0.39 is 40.2 Å². The Morgan fingerprint density at radius 2 is 1.59 bits per heavy atom. The van der Waals surface area contributed by atoms with Gasteiger partial charge in [-0.15, -0.1) is 0 Å². The third-order valence-electron chi connectivity index (χ3n) is 7.57. The van der Waals surface area contributed by atoms with Gasteiger partial charge in [-0.1, -0.05) is 91.8 Å². The molecule has 0 fully saturated rings. The maximum atomic E-state index is 13.9. The monoisotopic (exact) mass is 690 g/mol. The summed E-state index contributed by atoms with van der Waals surface area (Å²) in [5.74, 6) is -0.694. The molecule has 4 aromatic rings. The summed E-state index contributed by atoms with van der Waals surface area (Å²) in [6, 6.07) is 22.0. The van der Waals surface area contributed by atoms with E-state index in [1.807, 2.05) is 74.5 Å². The summed E-state index contributed by atoms with van der Waals surface area (Å²) in [4.78, 5) is 33.6. The van der Waals surface area contributed by atoms with Crippen molar-refractivity contribution in [2.75, 3.05) is 13.1 Å². The van der Waals surface area contributed by atoms with Gasteiger partial charge in [-0.25, -0.2) is 18.2 Å². The molecule has 5 N–H and O–H groups in total. The number of aliphatic hydroxyl groups excluding tert-OH is 1. The quantitative estimate of drug-likeness (QED) is 0.0633. The zero-order chi connectivity index (χ0) is 35.2. The summed E-state index contributed by atoms with van der Waals surface area (Å²) in [7, 11) is -4.08. The molecule has 13 nitrogen and oxygen atoms in total. The Bertz CT molecular complexity index is 1740. The number of sulfonamides is 1. The van der Waals surface area contributed by atoms with E-state index in [9.17, 15) is 23.1 Å². The maximum Gasteiger partial charge on any atom is 0.408 e. The van der Waals surface area contributed by atoms with E-state index in [0.29, 0.717) is 11.3 Å². The molecule has 0 radical (unpaired) electrons. The van der Waals surface area contributed by atoms with Crippen LogP contribution in [0, 0.1) is 5.92 Å². The molecule has 260 valence electrons. The molecule has 1 aromatic heterocycles. The van der Waals surface area contributed by atoms with Gasteiger partial charge in [0.05, 0.1) is 29.6 Å². The number of nitrogens with zero attached hydrogens (tertiary/aromatic N) is 3. The molecular formula is C35H42N6O7S. The number of ether oxygens (including phenoxy) is 1. The minimum atomic E-state index is -4.08. The van der Waals surface area contributed by atoms with Gasteiger partial charge in [0.15, 0.2) is 0 Å². The minimum absolute atomic E-state index is 0.00166. The topological polar surface area (TPSA) is 186 Å². The average Bonchev–Trinajstić information content (AvgIpc) is 3.61. The maximum absolute atomic E-state index is 13.9. The number of alkyl carbamates (subject to hydrolysis) is 1. The second-order valence-corrected chi connectivity index (χ2v) is 13.9. The van der Waals surface area contributed by atoms with Gasteiger partial charge in [-0.3, -0.25) is 4.79 Å². The Hall–Kier alpha value is -5.05. The minimum Gasteiger partial charge on any atom is -0.445 e. The van der Waals surface area contributed by atoms with Gasteiger partial charge in [0, 0.05) is 31.4 Å². The summed E-state index contributed by atoms with van der Waals surface area (Å²) < 4.78 is 34.2. The number of H-pyrrole nitrogens is 1. The lowest BCUT2D eigenvalue weighted by Crippen LogP contribution is -2.56. The first-order valence-corrected chi connectivity index (χ1v) is 17.2. The predicted octanol–water partition coefficient (Wildman–Crippen LogP) is 3.49. The standard InChI is InChI=1S/C35H42N6O7S/c1-25(2)21-41(49(46,47)30-15-13-27(14-16-30)19-38-45)22-33(42)31(17-26-9-5-3-6-10-26)39-34(43)32(18-29-20-36-24-37-29)40-35(44)48-23-28-11-7-4-8-12-28/h3-16,19-20,24-25,31-33,42,45H,17-18,21-23H2,1-2H3,(H,36,37)(H,39,43)(H,40,44)/b38-19+/t31-,32-,33+/m0/s1. The summed E-state index contributed by atoms with van der Waals surface area (Å²) in [6.07, 6.45) is 2.23. The average molecular weight is 691 g/mol. The summed E-state index contributed by atoms with van der Waals surface area (Å²) >= 11 is 0. The third-order valence-corrected chi connectivity index (χ3v) is 9.42. The first-order chi connectivity index (χ1) is 23.5. The van der Waals surface area contributed by atoms with E-state index in [1.165, 1.54) is 47.3 Å². The number of aliphatic hydroxyl groups is 1. The molecule has 3 atom stereocenters. The third kappa shape index (κ3) is 11.3. The Labute approximate surface area is 286 Å². The molecule has 3 aromatic carbocycles. The van der Waals surface area contributed by atoms with E-state index in [1.54, 1.807) is 0 Å². The normalized spacial score (nSPS) is 13.7. The Morgan fingerprint density at radius 3 is 2.18 bits per heavy atom. The van der Waals surface area contributed by atoms with Crippen LogP contribution in [0.4, 0.5) is 4.79 Å². The van der Waals surface area contributed by atoms with Crippen LogP contribution in [0.15, 0.2) is 108 Å². The highest BCUT2D eigenvalue weighted by Crippen LogP contribution is 2.20. The van der Waals surface area contributed by atoms with Gasteiger partial charge in [-0.05, 0) is 41.2 Å². The molecule has 0 spiro atoms. The fourth-order valence-electron chi connectivity index (χ4n) is 5.12. The van der Waals surface area contributed by atoms with Gasteiger partial charge < -0.3 is 30.7 Å². The lowest BCUT2D eigenvalue weighted by Gasteiger charge is -2.31. The van der Waals surface area contributed by atoms with Crippen molar-refractivity contribution in [2.24, 2.45) is 11.1 Å². The molecule has 49 heavy (non-hydrogen) atoms. The number of nitrogens with one attached hydrogen (secondary N) is 3. The SMILES string of the molecule is CC(C)CN(C[C@@H](O)[C@H](Cc1ccccc1)NC(=O)[C@H](Cc1cnc[nH]1)NC(=O)OCc1ccccc1)S(=O)(=O)c1ccc(/C=N/O)cc1.